The lowest BCUT2D eigenvalue weighted by Crippen LogP contribution is -2.20. The molecule has 0 aliphatic heterocycles. The van der Waals surface area contributed by atoms with Gasteiger partial charge in [0.1, 0.15) is 6.61 Å². The minimum absolute atomic E-state index is 0.0532. The van der Waals surface area contributed by atoms with Crippen molar-refractivity contribution in [1.29, 1.82) is 0 Å². The first-order valence-corrected chi connectivity index (χ1v) is 8.31. The fraction of sp³-hybridized carbons (Fsp3) is 0.111. The Bertz CT molecular complexity index is 921. The fourth-order valence-corrected chi connectivity index (χ4v) is 2.92. The second-order valence-corrected chi connectivity index (χ2v) is 6.35. The van der Waals surface area contributed by atoms with Crippen molar-refractivity contribution in [2.75, 3.05) is 0 Å². The maximum absolute atomic E-state index is 12.5. The van der Waals surface area contributed by atoms with Crippen LogP contribution in [-0.2, 0) is 22.6 Å². The van der Waals surface area contributed by atoms with E-state index in [1.807, 2.05) is 36.4 Å². The molecule has 0 saturated carbocycles. The van der Waals surface area contributed by atoms with Gasteiger partial charge in [-0.15, -0.1) is 0 Å². The van der Waals surface area contributed by atoms with Gasteiger partial charge >= 0.3 is 6.09 Å². The molecule has 0 aliphatic rings. The molecule has 2 aromatic carbocycles. The number of aromatic nitrogens is 1. The van der Waals surface area contributed by atoms with Crippen LogP contribution < -0.4 is 5.48 Å². The topological polar surface area (TPSA) is 80.6 Å². The molecule has 7 heteroatoms. The third kappa shape index (κ3) is 3.89. The predicted molar refractivity (Wildman–Crippen MR) is 95.3 cm³/mol. The van der Waals surface area contributed by atoms with Crippen LogP contribution in [0.25, 0.3) is 10.9 Å². The lowest BCUT2D eigenvalue weighted by molar-refractivity contribution is -0.128. The Morgan fingerprint density at radius 2 is 1.92 bits per heavy atom. The van der Waals surface area contributed by atoms with Gasteiger partial charge in [0.25, 0.3) is 0 Å². The molecule has 0 aliphatic carbocycles. The van der Waals surface area contributed by atoms with Crippen LogP contribution in [0.3, 0.4) is 0 Å². The summed E-state index contributed by atoms with van der Waals surface area (Å²) in [6, 6.07) is 14.8. The highest BCUT2D eigenvalue weighted by atomic mass is 79.9. The number of hydroxylamine groups is 1. The van der Waals surface area contributed by atoms with Gasteiger partial charge < -0.3 is 4.74 Å². The number of rotatable bonds is 4. The zero-order valence-electron chi connectivity index (χ0n) is 13.1. The summed E-state index contributed by atoms with van der Waals surface area (Å²) >= 11 is 3.38. The first-order valence-electron chi connectivity index (χ1n) is 7.52. The zero-order chi connectivity index (χ0) is 17.8. The van der Waals surface area contributed by atoms with Gasteiger partial charge in [0, 0.05) is 16.1 Å². The monoisotopic (exact) mass is 402 g/mol. The normalized spacial score (nSPS) is 10.6. The van der Waals surface area contributed by atoms with Crippen molar-refractivity contribution < 1.29 is 19.5 Å². The molecule has 1 amide bonds. The fourth-order valence-electron chi connectivity index (χ4n) is 2.56. The molecule has 0 unspecified atom stereocenters. The van der Waals surface area contributed by atoms with E-state index < -0.39 is 12.0 Å². The number of carbonyl (C=O) groups excluding carboxylic acids is 2. The molecule has 25 heavy (non-hydrogen) atoms. The SMILES string of the molecule is O=C(Cc1cn(C(=O)OCc2ccccc2)c2ccc(Br)cc12)NO. The Labute approximate surface area is 152 Å². The second-order valence-electron chi connectivity index (χ2n) is 5.44. The number of hydrogen-bond acceptors (Lipinski definition) is 4. The number of nitrogens with zero attached hydrogens (tertiary/aromatic N) is 1. The number of carbonyl (C=O) groups is 2. The lowest BCUT2D eigenvalue weighted by atomic mass is 10.1. The summed E-state index contributed by atoms with van der Waals surface area (Å²) in [6.45, 7) is 0.155. The number of ether oxygens (including phenoxy) is 1. The minimum Gasteiger partial charge on any atom is -0.444 e. The van der Waals surface area contributed by atoms with E-state index in [0.717, 1.165) is 15.4 Å². The van der Waals surface area contributed by atoms with E-state index in [-0.39, 0.29) is 13.0 Å². The van der Waals surface area contributed by atoms with Crippen LogP contribution in [0.4, 0.5) is 4.79 Å². The number of halogens is 1. The number of hydrogen-bond donors (Lipinski definition) is 2. The highest BCUT2D eigenvalue weighted by Crippen LogP contribution is 2.26. The van der Waals surface area contributed by atoms with Gasteiger partial charge in [-0.25, -0.2) is 10.3 Å². The lowest BCUT2D eigenvalue weighted by Gasteiger charge is -2.06. The molecule has 1 heterocycles. The van der Waals surface area contributed by atoms with Gasteiger partial charge in [-0.2, -0.15) is 0 Å². The Morgan fingerprint density at radius 1 is 1.16 bits per heavy atom. The molecule has 0 saturated heterocycles. The highest BCUT2D eigenvalue weighted by molar-refractivity contribution is 9.10. The van der Waals surface area contributed by atoms with Crippen molar-refractivity contribution in [3.05, 3.63) is 70.3 Å². The number of fused-ring (bicyclic) bond motifs is 1. The molecule has 3 aromatic rings. The van der Waals surface area contributed by atoms with Crippen molar-refractivity contribution >= 4 is 38.8 Å². The zero-order valence-corrected chi connectivity index (χ0v) is 14.7. The van der Waals surface area contributed by atoms with Gasteiger partial charge in [-0.1, -0.05) is 46.3 Å². The Hall–Kier alpha value is -2.64. The molecule has 0 atom stereocenters. The summed E-state index contributed by atoms with van der Waals surface area (Å²) < 4.78 is 7.55. The van der Waals surface area contributed by atoms with Crippen molar-refractivity contribution in [3.63, 3.8) is 0 Å². The molecule has 1 aromatic heterocycles. The second kappa shape index (κ2) is 7.50. The number of benzene rings is 2. The van der Waals surface area contributed by atoms with Gasteiger partial charge in [0.15, 0.2) is 0 Å². The quantitative estimate of drug-likeness (QED) is 0.515. The highest BCUT2D eigenvalue weighted by Gasteiger charge is 2.17. The van der Waals surface area contributed by atoms with Crippen LogP contribution in [-0.4, -0.2) is 21.8 Å². The van der Waals surface area contributed by atoms with Crippen molar-refractivity contribution in [3.8, 4) is 0 Å². The van der Waals surface area contributed by atoms with Crippen LogP contribution in [0.1, 0.15) is 11.1 Å². The van der Waals surface area contributed by atoms with Crippen LogP contribution >= 0.6 is 15.9 Å². The first-order chi connectivity index (χ1) is 12.1. The predicted octanol–water partition coefficient (Wildman–Crippen LogP) is 3.64. The standard InChI is InChI=1S/C18H15BrN2O4/c19-14-6-7-16-15(9-14)13(8-17(22)20-24)10-21(16)18(23)25-11-12-4-2-1-3-5-12/h1-7,9-10,24H,8,11H2,(H,20,22). The smallest absolute Gasteiger partial charge is 0.418 e. The summed E-state index contributed by atoms with van der Waals surface area (Å²) in [5.74, 6) is -0.559. The molecule has 0 radical (unpaired) electrons. The average molecular weight is 403 g/mol. The summed E-state index contributed by atoms with van der Waals surface area (Å²) in [5, 5.41) is 9.47. The molecular weight excluding hydrogens is 388 g/mol. The number of nitrogens with one attached hydrogen (secondary N) is 1. The largest absolute Gasteiger partial charge is 0.444 e. The molecule has 2 N–H and O–H groups in total. The molecule has 0 bridgehead atoms. The van der Waals surface area contributed by atoms with Crippen LogP contribution in [0, 0.1) is 0 Å². The molecule has 0 fully saturated rings. The minimum atomic E-state index is -0.559. The van der Waals surface area contributed by atoms with Crippen molar-refractivity contribution in [2.45, 2.75) is 13.0 Å². The van der Waals surface area contributed by atoms with Gasteiger partial charge in [0.2, 0.25) is 5.91 Å². The third-order valence-corrected chi connectivity index (χ3v) is 4.22. The van der Waals surface area contributed by atoms with E-state index in [2.05, 4.69) is 15.9 Å². The Morgan fingerprint density at radius 3 is 2.64 bits per heavy atom. The molecule has 3 rings (SSSR count). The van der Waals surface area contributed by atoms with E-state index >= 15 is 0 Å². The summed E-state index contributed by atoms with van der Waals surface area (Å²) in [6.07, 6.45) is 0.967. The molecule has 0 spiro atoms. The van der Waals surface area contributed by atoms with E-state index in [1.165, 1.54) is 4.57 Å². The van der Waals surface area contributed by atoms with Crippen molar-refractivity contribution in [2.24, 2.45) is 0 Å². The molecular formula is C18H15BrN2O4. The van der Waals surface area contributed by atoms with E-state index in [4.69, 9.17) is 9.94 Å². The average Bonchev–Trinajstić information content (AvgIpc) is 2.98. The molecule has 128 valence electrons. The van der Waals surface area contributed by atoms with Crippen LogP contribution in [0.2, 0.25) is 0 Å². The van der Waals surface area contributed by atoms with Crippen LogP contribution in [0.15, 0.2) is 59.2 Å². The number of amides is 1. The first kappa shape index (κ1) is 17.2. The summed E-state index contributed by atoms with van der Waals surface area (Å²) in [4.78, 5) is 24.0. The maximum atomic E-state index is 12.5. The van der Waals surface area contributed by atoms with Crippen molar-refractivity contribution in [1.82, 2.24) is 10.0 Å². The van der Waals surface area contributed by atoms with E-state index in [9.17, 15) is 9.59 Å². The molecule has 6 nitrogen and oxygen atoms in total. The summed E-state index contributed by atoms with van der Waals surface area (Å²) in [7, 11) is 0. The Kier molecular flexibility index (Phi) is 5.16. The van der Waals surface area contributed by atoms with E-state index in [0.29, 0.717) is 11.1 Å². The van der Waals surface area contributed by atoms with Gasteiger partial charge in [-0.05, 0) is 29.3 Å². The summed E-state index contributed by atoms with van der Waals surface area (Å²) in [5.41, 5.74) is 3.72. The van der Waals surface area contributed by atoms with E-state index in [1.54, 1.807) is 23.8 Å². The van der Waals surface area contributed by atoms with Crippen LogP contribution in [0.5, 0.6) is 0 Å². The Balaban J connectivity index is 1.89. The van der Waals surface area contributed by atoms with Gasteiger partial charge in [-0.3, -0.25) is 14.6 Å². The maximum Gasteiger partial charge on any atom is 0.418 e. The van der Waals surface area contributed by atoms with Gasteiger partial charge in [0.05, 0.1) is 11.9 Å². The third-order valence-electron chi connectivity index (χ3n) is 3.73.